The summed E-state index contributed by atoms with van der Waals surface area (Å²) < 4.78 is 15.4. The fourth-order valence-corrected chi connectivity index (χ4v) is 2.60. The van der Waals surface area contributed by atoms with Crippen LogP contribution < -0.4 is 20.1 Å². The Balaban J connectivity index is 1.54. The van der Waals surface area contributed by atoms with Crippen molar-refractivity contribution >= 4 is 29.5 Å². The predicted molar refractivity (Wildman–Crippen MR) is 91.1 cm³/mol. The van der Waals surface area contributed by atoms with E-state index in [-0.39, 0.29) is 6.79 Å². The lowest BCUT2D eigenvalue weighted by Gasteiger charge is -2.17. The third kappa shape index (κ3) is 3.78. The molecule has 0 bridgehead atoms. The van der Waals surface area contributed by atoms with E-state index in [1.54, 1.807) is 18.2 Å². The van der Waals surface area contributed by atoms with Crippen molar-refractivity contribution in [2.75, 3.05) is 18.7 Å². The molecule has 10 heteroatoms. The van der Waals surface area contributed by atoms with E-state index in [0.717, 1.165) is 4.90 Å². The molecule has 1 fully saturated rings. The Morgan fingerprint density at radius 2 is 2.00 bits per heavy atom. The largest absolute Gasteiger partial charge is 0.454 e. The second-order valence-electron chi connectivity index (χ2n) is 6.64. The molecule has 27 heavy (non-hydrogen) atoms. The number of rotatable bonds is 5. The average molecular weight is 377 g/mol. The van der Waals surface area contributed by atoms with Gasteiger partial charge in [-0.1, -0.05) is 0 Å². The molecule has 2 aliphatic rings. The minimum Gasteiger partial charge on any atom is -0.454 e. The standard InChI is InChI=1S/C17H19N3O7/c1-9(14(22)18-10-4-5-11-12(6-10)26-8-25-11)27-13(21)7-20-15(23)17(2,3)19-16(20)24/h4-6,9H,7-8H2,1-3H3,(H,18,22)(H,19,24). The molecule has 1 saturated heterocycles. The number of nitrogens with one attached hydrogen (secondary N) is 2. The van der Waals surface area contributed by atoms with Gasteiger partial charge in [-0.3, -0.25) is 19.3 Å². The van der Waals surface area contributed by atoms with Gasteiger partial charge in [0.1, 0.15) is 12.1 Å². The lowest BCUT2D eigenvalue weighted by molar-refractivity contribution is -0.155. The van der Waals surface area contributed by atoms with Gasteiger partial charge >= 0.3 is 12.0 Å². The first kappa shape index (κ1) is 18.5. The molecule has 1 unspecified atom stereocenters. The molecule has 0 saturated carbocycles. The smallest absolute Gasteiger partial charge is 0.327 e. The van der Waals surface area contributed by atoms with Crippen molar-refractivity contribution < 1.29 is 33.4 Å². The van der Waals surface area contributed by atoms with Gasteiger partial charge in [-0.05, 0) is 32.9 Å². The van der Waals surface area contributed by atoms with Crippen LogP contribution in [0.4, 0.5) is 10.5 Å². The Morgan fingerprint density at radius 3 is 2.67 bits per heavy atom. The molecule has 10 nitrogen and oxygen atoms in total. The van der Waals surface area contributed by atoms with E-state index in [2.05, 4.69) is 10.6 Å². The summed E-state index contributed by atoms with van der Waals surface area (Å²) in [4.78, 5) is 48.8. The number of imide groups is 1. The van der Waals surface area contributed by atoms with Gasteiger partial charge in [0, 0.05) is 11.8 Å². The minimum atomic E-state index is -1.13. The van der Waals surface area contributed by atoms with Gasteiger partial charge in [-0.15, -0.1) is 0 Å². The minimum absolute atomic E-state index is 0.111. The van der Waals surface area contributed by atoms with Gasteiger partial charge < -0.3 is 24.8 Å². The van der Waals surface area contributed by atoms with E-state index in [0.29, 0.717) is 17.2 Å². The van der Waals surface area contributed by atoms with Gasteiger partial charge in [0.15, 0.2) is 17.6 Å². The molecular formula is C17H19N3O7. The molecule has 2 N–H and O–H groups in total. The fraction of sp³-hybridized carbons (Fsp3) is 0.412. The second-order valence-corrected chi connectivity index (χ2v) is 6.64. The molecule has 0 radical (unpaired) electrons. The van der Waals surface area contributed by atoms with E-state index < -0.39 is 42.0 Å². The predicted octanol–water partition coefficient (Wildman–Crippen LogP) is 0.616. The number of hydrogen-bond donors (Lipinski definition) is 2. The zero-order valence-electron chi connectivity index (χ0n) is 15.0. The number of urea groups is 1. The van der Waals surface area contributed by atoms with Gasteiger partial charge in [0.25, 0.3) is 11.8 Å². The normalized spacial score (nSPS) is 18.1. The molecule has 1 atom stereocenters. The van der Waals surface area contributed by atoms with Crippen LogP contribution in [0, 0.1) is 0 Å². The summed E-state index contributed by atoms with van der Waals surface area (Å²) in [5, 5.41) is 5.05. The Kier molecular flexibility index (Phi) is 4.64. The van der Waals surface area contributed by atoms with Crippen molar-refractivity contribution in [3.8, 4) is 11.5 Å². The monoisotopic (exact) mass is 377 g/mol. The molecular weight excluding hydrogens is 358 g/mol. The summed E-state index contributed by atoms with van der Waals surface area (Å²) in [6.07, 6.45) is -1.13. The highest BCUT2D eigenvalue weighted by Crippen LogP contribution is 2.34. The van der Waals surface area contributed by atoms with E-state index in [1.807, 2.05) is 0 Å². The summed E-state index contributed by atoms with van der Waals surface area (Å²) in [6, 6.07) is 4.17. The lowest BCUT2D eigenvalue weighted by atomic mass is 10.1. The first-order valence-electron chi connectivity index (χ1n) is 8.21. The van der Waals surface area contributed by atoms with Crippen molar-refractivity contribution in [2.24, 2.45) is 0 Å². The number of carbonyl (C=O) groups is 4. The summed E-state index contributed by atoms with van der Waals surface area (Å²) in [6.45, 7) is 3.98. The molecule has 0 spiro atoms. The fourth-order valence-electron chi connectivity index (χ4n) is 2.60. The van der Waals surface area contributed by atoms with E-state index in [4.69, 9.17) is 14.2 Å². The number of carbonyl (C=O) groups excluding carboxylic acids is 4. The number of amides is 4. The van der Waals surface area contributed by atoms with Crippen LogP contribution in [-0.4, -0.2) is 53.7 Å². The number of fused-ring (bicyclic) bond motifs is 1. The summed E-state index contributed by atoms with van der Waals surface area (Å²) in [5.74, 6) is -0.909. The van der Waals surface area contributed by atoms with Crippen LogP contribution in [0.2, 0.25) is 0 Å². The second kappa shape index (κ2) is 6.78. The SMILES string of the molecule is CC(OC(=O)CN1C(=O)NC(C)(C)C1=O)C(=O)Nc1ccc2c(c1)OCO2. The zero-order valence-corrected chi connectivity index (χ0v) is 15.0. The van der Waals surface area contributed by atoms with Crippen molar-refractivity contribution in [3.05, 3.63) is 18.2 Å². The maximum absolute atomic E-state index is 12.2. The number of benzene rings is 1. The zero-order chi connectivity index (χ0) is 19.8. The molecule has 1 aromatic rings. The Hall–Kier alpha value is -3.30. The molecule has 0 aromatic heterocycles. The maximum Gasteiger partial charge on any atom is 0.327 e. The van der Waals surface area contributed by atoms with Crippen LogP contribution in [0.5, 0.6) is 11.5 Å². The van der Waals surface area contributed by atoms with Crippen LogP contribution in [-0.2, 0) is 19.1 Å². The first-order chi connectivity index (χ1) is 12.7. The van der Waals surface area contributed by atoms with Crippen LogP contribution >= 0.6 is 0 Å². The molecule has 144 valence electrons. The van der Waals surface area contributed by atoms with Crippen molar-refractivity contribution in [2.45, 2.75) is 32.4 Å². The van der Waals surface area contributed by atoms with Crippen molar-refractivity contribution in [1.29, 1.82) is 0 Å². The van der Waals surface area contributed by atoms with Gasteiger partial charge in [0.2, 0.25) is 6.79 Å². The third-order valence-electron chi connectivity index (χ3n) is 4.05. The number of nitrogens with zero attached hydrogens (tertiary/aromatic N) is 1. The number of hydrogen-bond acceptors (Lipinski definition) is 7. The van der Waals surface area contributed by atoms with Gasteiger partial charge in [-0.25, -0.2) is 4.79 Å². The lowest BCUT2D eigenvalue weighted by Crippen LogP contribution is -2.42. The average Bonchev–Trinajstić information content (AvgIpc) is 3.12. The maximum atomic E-state index is 12.2. The topological polar surface area (TPSA) is 123 Å². The number of anilines is 1. The summed E-state index contributed by atoms with van der Waals surface area (Å²) >= 11 is 0. The first-order valence-corrected chi connectivity index (χ1v) is 8.21. The van der Waals surface area contributed by atoms with Crippen molar-refractivity contribution in [3.63, 3.8) is 0 Å². The summed E-state index contributed by atoms with van der Waals surface area (Å²) in [7, 11) is 0. The molecule has 2 heterocycles. The Morgan fingerprint density at radius 1 is 1.30 bits per heavy atom. The Labute approximate surface area is 154 Å². The highest BCUT2D eigenvalue weighted by atomic mass is 16.7. The Bertz CT molecular complexity index is 821. The quantitative estimate of drug-likeness (QED) is 0.569. The van der Waals surface area contributed by atoms with E-state index in [9.17, 15) is 19.2 Å². The third-order valence-corrected chi connectivity index (χ3v) is 4.05. The van der Waals surface area contributed by atoms with Crippen LogP contribution in [0.1, 0.15) is 20.8 Å². The van der Waals surface area contributed by atoms with Crippen LogP contribution in [0.25, 0.3) is 0 Å². The molecule has 1 aromatic carbocycles. The molecule has 4 amide bonds. The molecule has 3 rings (SSSR count). The number of ether oxygens (including phenoxy) is 3. The van der Waals surface area contributed by atoms with E-state index >= 15 is 0 Å². The molecule has 2 aliphatic heterocycles. The highest BCUT2D eigenvalue weighted by molar-refractivity contribution is 6.08. The van der Waals surface area contributed by atoms with Crippen LogP contribution in [0.15, 0.2) is 18.2 Å². The highest BCUT2D eigenvalue weighted by Gasteiger charge is 2.45. The van der Waals surface area contributed by atoms with Gasteiger partial charge in [-0.2, -0.15) is 0 Å². The van der Waals surface area contributed by atoms with Crippen molar-refractivity contribution in [1.82, 2.24) is 10.2 Å². The van der Waals surface area contributed by atoms with E-state index in [1.165, 1.54) is 20.8 Å². The van der Waals surface area contributed by atoms with Gasteiger partial charge in [0.05, 0.1) is 0 Å². The number of esters is 1. The molecule has 0 aliphatic carbocycles. The van der Waals surface area contributed by atoms with Crippen LogP contribution in [0.3, 0.4) is 0 Å². The summed E-state index contributed by atoms with van der Waals surface area (Å²) in [5.41, 5.74) is -0.636.